The van der Waals surface area contributed by atoms with Gasteiger partial charge in [-0.3, -0.25) is 4.79 Å². The van der Waals surface area contributed by atoms with Crippen molar-refractivity contribution in [2.45, 2.75) is 10.8 Å². The molecule has 0 bridgehead atoms. The van der Waals surface area contributed by atoms with Gasteiger partial charge in [0, 0.05) is 5.69 Å². The summed E-state index contributed by atoms with van der Waals surface area (Å²) in [6.07, 6.45) is 0. The highest BCUT2D eigenvalue weighted by molar-refractivity contribution is 7.91. The third kappa shape index (κ3) is 5.50. The number of carbonyl (C=O) groups excluding carboxylic acids is 1. The molecule has 3 aromatic carbocycles. The molecule has 0 aromatic heterocycles. The number of halogens is 5. The van der Waals surface area contributed by atoms with Crippen LogP contribution in [-0.4, -0.2) is 20.1 Å². The Labute approximate surface area is 191 Å². The Balaban J connectivity index is 1.99. The van der Waals surface area contributed by atoms with Crippen molar-refractivity contribution >= 4 is 33.0 Å². The molecule has 0 aliphatic carbocycles. The lowest BCUT2D eigenvalue weighted by Gasteiger charge is -2.18. The van der Waals surface area contributed by atoms with Crippen LogP contribution in [0.15, 0.2) is 59.5 Å². The van der Waals surface area contributed by atoms with Crippen LogP contribution in [0, 0.1) is 34.6 Å². The summed E-state index contributed by atoms with van der Waals surface area (Å²) >= 11 is 5.93. The zero-order valence-corrected chi connectivity index (χ0v) is 18.0. The molecule has 0 aliphatic heterocycles. The van der Waals surface area contributed by atoms with Gasteiger partial charge in [-0.2, -0.15) is 5.26 Å². The monoisotopic (exact) mass is 496 g/mol. The molecule has 3 rings (SSSR count). The van der Waals surface area contributed by atoms with Gasteiger partial charge in [-0.15, -0.1) is 0 Å². The standard InChI is InChI=1S/C22H13ClF4N2O3S/c23-17-8-14(3-1-13(17)10-28)29-22(30)16(12-2-5-18(24)20(26)7-12)11-33(31,32)15-4-6-19(25)21(27)9-15/h1-9,16H,11H2,(H,29,30). The molecular formula is C22H13ClF4N2O3S. The SMILES string of the molecule is N#Cc1ccc(NC(=O)C(CS(=O)(=O)c2ccc(F)c(F)c2)c2ccc(F)c(F)c2)cc1Cl. The molecule has 5 nitrogen and oxygen atoms in total. The van der Waals surface area contributed by atoms with Crippen LogP contribution in [0.1, 0.15) is 17.0 Å². The highest BCUT2D eigenvalue weighted by Gasteiger charge is 2.30. The van der Waals surface area contributed by atoms with E-state index in [4.69, 9.17) is 16.9 Å². The van der Waals surface area contributed by atoms with Crippen LogP contribution < -0.4 is 5.32 Å². The molecule has 0 radical (unpaired) electrons. The van der Waals surface area contributed by atoms with E-state index in [2.05, 4.69) is 5.32 Å². The van der Waals surface area contributed by atoms with Gasteiger partial charge in [0.25, 0.3) is 0 Å². The van der Waals surface area contributed by atoms with Gasteiger partial charge < -0.3 is 5.32 Å². The molecule has 0 saturated heterocycles. The third-order valence-electron chi connectivity index (χ3n) is 4.66. The van der Waals surface area contributed by atoms with Crippen molar-refractivity contribution in [2.75, 3.05) is 11.1 Å². The highest BCUT2D eigenvalue weighted by Crippen LogP contribution is 2.27. The maximum atomic E-state index is 13.8. The molecule has 0 fully saturated rings. The van der Waals surface area contributed by atoms with Crippen LogP contribution >= 0.6 is 11.6 Å². The van der Waals surface area contributed by atoms with Crippen molar-refractivity contribution < 1.29 is 30.8 Å². The van der Waals surface area contributed by atoms with Crippen molar-refractivity contribution in [2.24, 2.45) is 0 Å². The Hall–Kier alpha value is -3.42. The van der Waals surface area contributed by atoms with Gasteiger partial charge >= 0.3 is 0 Å². The summed E-state index contributed by atoms with van der Waals surface area (Å²) in [4.78, 5) is 12.4. The lowest BCUT2D eigenvalue weighted by Crippen LogP contribution is -2.28. The Morgan fingerprint density at radius 2 is 1.58 bits per heavy atom. The number of rotatable bonds is 6. The summed E-state index contributed by atoms with van der Waals surface area (Å²) in [5, 5.41) is 11.4. The van der Waals surface area contributed by atoms with E-state index in [1.807, 2.05) is 6.07 Å². The second-order valence-corrected chi connectivity index (χ2v) is 9.32. The normalized spacial score (nSPS) is 12.1. The number of carbonyl (C=O) groups is 1. The second-order valence-electron chi connectivity index (χ2n) is 6.88. The first kappa shape index (κ1) is 24.2. The van der Waals surface area contributed by atoms with E-state index in [9.17, 15) is 30.8 Å². The van der Waals surface area contributed by atoms with Crippen LogP contribution in [0.25, 0.3) is 0 Å². The number of nitriles is 1. The summed E-state index contributed by atoms with van der Waals surface area (Å²) in [5.41, 5.74) is 0.0758. The summed E-state index contributed by atoms with van der Waals surface area (Å²) in [7, 11) is -4.38. The molecule has 1 atom stereocenters. The van der Waals surface area contributed by atoms with Crippen LogP contribution in [0.2, 0.25) is 5.02 Å². The lowest BCUT2D eigenvalue weighted by molar-refractivity contribution is -0.117. The van der Waals surface area contributed by atoms with Crippen LogP contribution in [0.3, 0.4) is 0 Å². The van der Waals surface area contributed by atoms with E-state index in [-0.39, 0.29) is 21.8 Å². The number of amides is 1. The molecule has 11 heteroatoms. The topological polar surface area (TPSA) is 87.0 Å². The van der Waals surface area contributed by atoms with Crippen molar-refractivity contribution in [1.29, 1.82) is 5.26 Å². The van der Waals surface area contributed by atoms with Gasteiger partial charge in [0.05, 0.1) is 27.2 Å². The van der Waals surface area contributed by atoms with Crippen molar-refractivity contribution in [3.05, 3.63) is 94.0 Å². The zero-order valence-electron chi connectivity index (χ0n) is 16.5. The molecule has 0 aliphatic rings. The fraction of sp³-hybridized carbons (Fsp3) is 0.0909. The number of anilines is 1. The van der Waals surface area contributed by atoms with E-state index >= 15 is 0 Å². The van der Waals surface area contributed by atoms with Crippen molar-refractivity contribution in [3.8, 4) is 6.07 Å². The van der Waals surface area contributed by atoms with Gasteiger partial charge in [0.15, 0.2) is 33.1 Å². The Morgan fingerprint density at radius 1 is 0.939 bits per heavy atom. The smallest absolute Gasteiger partial charge is 0.232 e. The number of hydrogen-bond acceptors (Lipinski definition) is 4. The summed E-state index contributed by atoms with van der Waals surface area (Å²) < 4.78 is 79.7. The van der Waals surface area contributed by atoms with E-state index in [1.54, 1.807) is 0 Å². The van der Waals surface area contributed by atoms with E-state index in [1.165, 1.54) is 18.2 Å². The summed E-state index contributed by atoms with van der Waals surface area (Å²) in [6, 6.07) is 10.1. The van der Waals surface area contributed by atoms with Crippen molar-refractivity contribution in [3.63, 3.8) is 0 Å². The summed E-state index contributed by atoms with van der Waals surface area (Å²) in [5.74, 6) is -8.63. The quantitative estimate of drug-likeness (QED) is 0.386. The fourth-order valence-corrected chi connectivity index (χ4v) is 4.71. The molecule has 0 heterocycles. The first-order valence-corrected chi connectivity index (χ1v) is 11.2. The molecule has 1 unspecified atom stereocenters. The van der Waals surface area contributed by atoms with Gasteiger partial charge in [-0.05, 0) is 54.1 Å². The summed E-state index contributed by atoms with van der Waals surface area (Å²) in [6.45, 7) is 0. The molecule has 0 spiro atoms. The van der Waals surface area contributed by atoms with E-state index in [0.717, 1.165) is 18.2 Å². The Bertz CT molecular complexity index is 1390. The predicted octanol–water partition coefficient (Wildman–Crippen LogP) is 4.96. The first-order chi connectivity index (χ1) is 15.5. The number of sulfone groups is 1. The van der Waals surface area contributed by atoms with Gasteiger partial charge in [-0.25, -0.2) is 26.0 Å². The molecular weight excluding hydrogens is 484 g/mol. The van der Waals surface area contributed by atoms with Crippen LogP contribution in [0.5, 0.6) is 0 Å². The number of nitrogens with one attached hydrogen (secondary N) is 1. The van der Waals surface area contributed by atoms with Crippen molar-refractivity contribution in [1.82, 2.24) is 0 Å². The zero-order chi connectivity index (χ0) is 24.3. The van der Waals surface area contributed by atoms with E-state index < -0.39 is 55.6 Å². The molecule has 33 heavy (non-hydrogen) atoms. The Morgan fingerprint density at radius 3 is 2.15 bits per heavy atom. The maximum Gasteiger partial charge on any atom is 0.232 e. The maximum absolute atomic E-state index is 13.8. The molecule has 0 saturated carbocycles. The minimum Gasteiger partial charge on any atom is -0.325 e. The minimum absolute atomic E-state index is 0.0223. The average molecular weight is 497 g/mol. The highest BCUT2D eigenvalue weighted by atomic mass is 35.5. The van der Waals surface area contributed by atoms with Crippen LogP contribution in [-0.2, 0) is 14.6 Å². The number of hydrogen-bond donors (Lipinski definition) is 1. The largest absolute Gasteiger partial charge is 0.325 e. The fourth-order valence-electron chi connectivity index (χ4n) is 2.95. The third-order valence-corrected chi connectivity index (χ3v) is 6.71. The second kappa shape index (κ2) is 9.60. The van der Waals surface area contributed by atoms with E-state index in [0.29, 0.717) is 18.2 Å². The molecule has 1 N–H and O–H groups in total. The lowest BCUT2D eigenvalue weighted by atomic mass is 9.99. The van der Waals surface area contributed by atoms with Gasteiger partial charge in [-0.1, -0.05) is 17.7 Å². The average Bonchev–Trinajstić information content (AvgIpc) is 2.76. The number of benzene rings is 3. The minimum atomic E-state index is -4.38. The Kier molecular flexibility index (Phi) is 7.05. The molecule has 170 valence electrons. The molecule has 1 amide bonds. The van der Waals surface area contributed by atoms with Crippen LogP contribution in [0.4, 0.5) is 23.2 Å². The van der Waals surface area contributed by atoms with Gasteiger partial charge in [0.1, 0.15) is 6.07 Å². The molecule has 3 aromatic rings. The first-order valence-electron chi connectivity index (χ1n) is 9.15. The predicted molar refractivity (Wildman–Crippen MR) is 112 cm³/mol. The number of nitrogens with zero attached hydrogens (tertiary/aromatic N) is 1. The van der Waals surface area contributed by atoms with Gasteiger partial charge in [0.2, 0.25) is 5.91 Å².